The maximum atomic E-state index is 10.8. The molecule has 2 aliphatic carbocycles. The van der Waals surface area contributed by atoms with E-state index in [2.05, 4.69) is 0 Å². The zero-order chi connectivity index (χ0) is 12.1. The first-order chi connectivity index (χ1) is 7.52. The van der Waals surface area contributed by atoms with Gasteiger partial charge in [-0.05, 0) is 6.26 Å². The Kier molecular flexibility index (Phi) is 4.86. The fraction of sp³-hybridized carbons (Fsp3) is 0.636. The zero-order valence-electron chi connectivity index (χ0n) is 9.15. The molecule has 16 heavy (non-hydrogen) atoms. The summed E-state index contributed by atoms with van der Waals surface area (Å²) in [5, 5.41) is -0.0301. The minimum atomic E-state index is -0.0301. The number of Topliss-reactive ketones (excluding diaryl/α,β-unsaturated/α-hetero) is 4. The van der Waals surface area contributed by atoms with Gasteiger partial charge >= 0.3 is 0 Å². The Balaban J connectivity index is 0.000000165. The van der Waals surface area contributed by atoms with E-state index in [1.807, 2.05) is 6.26 Å². The van der Waals surface area contributed by atoms with E-state index >= 15 is 0 Å². The monoisotopic (exact) mass is 242 g/mol. The van der Waals surface area contributed by atoms with Crippen molar-refractivity contribution in [1.29, 1.82) is 0 Å². The normalized spacial score (nSPS) is 24.7. The van der Waals surface area contributed by atoms with Crippen LogP contribution < -0.4 is 0 Å². The fourth-order valence-electron chi connectivity index (χ4n) is 1.59. The molecule has 2 aliphatic rings. The Labute approximate surface area is 98.2 Å². The molecular weight excluding hydrogens is 228 g/mol. The first-order valence-corrected chi connectivity index (χ1v) is 6.42. The molecule has 0 aromatic rings. The molecule has 0 aromatic carbocycles. The van der Waals surface area contributed by atoms with E-state index in [1.165, 1.54) is 11.8 Å². The molecule has 0 amide bonds. The summed E-state index contributed by atoms with van der Waals surface area (Å²) in [7, 11) is 0. The molecule has 0 aromatic heterocycles. The van der Waals surface area contributed by atoms with Crippen LogP contribution in [0.1, 0.15) is 32.1 Å². The molecule has 0 bridgehead atoms. The van der Waals surface area contributed by atoms with Gasteiger partial charge in [0.2, 0.25) is 0 Å². The molecule has 0 heterocycles. The summed E-state index contributed by atoms with van der Waals surface area (Å²) >= 11 is 1.47. The molecule has 4 nitrogen and oxygen atoms in total. The van der Waals surface area contributed by atoms with Gasteiger partial charge in [-0.2, -0.15) is 11.8 Å². The Morgan fingerprint density at radius 2 is 1.50 bits per heavy atom. The van der Waals surface area contributed by atoms with Crippen LogP contribution in [0, 0.1) is 0 Å². The number of thioether (sulfide) groups is 1. The van der Waals surface area contributed by atoms with Crippen molar-refractivity contribution in [2.75, 3.05) is 6.26 Å². The first-order valence-electron chi connectivity index (χ1n) is 5.13. The second kappa shape index (κ2) is 5.94. The van der Waals surface area contributed by atoms with Gasteiger partial charge in [-0.1, -0.05) is 0 Å². The number of carbonyl (C=O) groups is 4. The van der Waals surface area contributed by atoms with Crippen LogP contribution in [0.15, 0.2) is 0 Å². The van der Waals surface area contributed by atoms with Gasteiger partial charge in [-0.15, -0.1) is 0 Å². The van der Waals surface area contributed by atoms with Crippen molar-refractivity contribution in [3.63, 3.8) is 0 Å². The van der Waals surface area contributed by atoms with Crippen molar-refractivity contribution in [2.24, 2.45) is 0 Å². The number of ketones is 4. The van der Waals surface area contributed by atoms with Crippen LogP contribution in [0.2, 0.25) is 0 Å². The van der Waals surface area contributed by atoms with Gasteiger partial charge in [-0.25, -0.2) is 0 Å². The molecule has 2 rings (SSSR count). The predicted octanol–water partition coefficient (Wildman–Crippen LogP) is 0.959. The van der Waals surface area contributed by atoms with E-state index in [4.69, 9.17) is 0 Å². The van der Waals surface area contributed by atoms with Crippen LogP contribution in [0.25, 0.3) is 0 Å². The van der Waals surface area contributed by atoms with Gasteiger partial charge in [0.05, 0.1) is 18.1 Å². The Morgan fingerprint density at radius 1 is 0.938 bits per heavy atom. The van der Waals surface area contributed by atoms with Crippen molar-refractivity contribution in [3.05, 3.63) is 0 Å². The number of rotatable bonds is 1. The molecule has 2 fully saturated rings. The third-order valence-corrected chi connectivity index (χ3v) is 3.50. The minimum Gasteiger partial charge on any atom is -0.299 e. The summed E-state index contributed by atoms with van der Waals surface area (Å²) in [6, 6.07) is 0. The summed E-state index contributed by atoms with van der Waals surface area (Å²) in [5.74, 6) is 0.404. The lowest BCUT2D eigenvalue weighted by atomic mass is 10.3. The summed E-state index contributed by atoms with van der Waals surface area (Å²) in [6.45, 7) is 0. The average Bonchev–Trinajstić information content (AvgIpc) is 2.73. The zero-order valence-corrected chi connectivity index (χ0v) is 9.97. The van der Waals surface area contributed by atoms with Crippen LogP contribution in [-0.2, 0) is 19.2 Å². The summed E-state index contributed by atoms with van der Waals surface area (Å²) in [5.41, 5.74) is 0. The van der Waals surface area contributed by atoms with E-state index in [0.29, 0.717) is 19.3 Å². The predicted molar refractivity (Wildman–Crippen MR) is 60.4 cm³/mol. The lowest BCUT2D eigenvalue weighted by Crippen LogP contribution is -2.06. The second-order valence-corrected chi connectivity index (χ2v) is 4.90. The first kappa shape index (κ1) is 13.1. The van der Waals surface area contributed by atoms with E-state index in [9.17, 15) is 19.2 Å². The van der Waals surface area contributed by atoms with Crippen molar-refractivity contribution in [3.8, 4) is 0 Å². The van der Waals surface area contributed by atoms with Gasteiger partial charge in [0, 0.05) is 19.3 Å². The number of hydrogen-bond acceptors (Lipinski definition) is 5. The average molecular weight is 242 g/mol. The smallest absolute Gasteiger partial charge is 0.153 e. The third kappa shape index (κ3) is 3.89. The van der Waals surface area contributed by atoms with E-state index < -0.39 is 0 Å². The number of hydrogen-bond donors (Lipinski definition) is 0. The molecule has 0 N–H and O–H groups in total. The second-order valence-electron chi connectivity index (χ2n) is 3.86. The Morgan fingerprint density at radius 3 is 1.69 bits per heavy atom. The highest BCUT2D eigenvalue weighted by atomic mass is 32.2. The van der Waals surface area contributed by atoms with Gasteiger partial charge < -0.3 is 0 Å². The maximum absolute atomic E-state index is 10.8. The molecule has 1 atom stereocenters. The Bertz CT molecular complexity index is 321. The van der Waals surface area contributed by atoms with Crippen LogP contribution in [0.3, 0.4) is 0 Å². The molecule has 0 radical (unpaired) electrons. The van der Waals surface area contributed by atoms with Crippen LogP contribution >= 0.6 is 11.8 Å². The quantitative estimate of drug-likeness (QED) is 0.641. The molecule has 0 saturated heterocycles. The lowest BCUT2D eigenvalue weighted by molar-refractivity contribution is -0.123. The highest BCUT2D eigenvalue weighted by Gasteiger charge is 2.29. The minimum absolute atomic E-state index is 0.0301. The van der Waals surface area contributed by atoms with E-state index in [0.717, 1.165) is 0 Å². The SMILES string of the molecule is CSC1CC(=O)CC1=O.O=C1CCC(=O)C1. The van der Waals surface area contributed by atoms with E-state index in [-0.39, 0.29) is 41.2 Å². The molecule has 0 spiro atoms. The molecule has 2 saturated carbocycles. The molecule has 5 heteroatoms. The largest absolute Gasteiger partial charge is 0.299 e. The summed E-state index contributed by atoms with van der Waals surface area (Å²) in [4.78, 5) is 41.8. The fourth-order valence-corrected chi connectivity index (χ4v) is 2.29. The molecule has 88 valence electrons. The van der Waals surface area contributed by atoms with Crippen molar-refractivity contribution in [2.45, 2.75) is 37.4 Å². The van der Waals surface area contributed by atoms with Crippen LogP contribution in [0.4, 0.5) is 0 Å². The molecule has 1 unspecified atom stereocenters. The highest BCUT2D eigenvalue weighted by Crippen LogP contribution is 2.21. The number of carbonyl (C=O) groups excluding carboxylic acids is 4. The van der Waals surface area contributed by atoms with Gasteiger partial charge in [0.1, 0.15) is 17.3 Å². The molecule has 0 aliphatic heterocycles. The standard InChI is InChI=1S/C6H8O2S.C5H6O2/c1-9-6-3-4(7)2-5(6)8;6-4-1-2-5(7)3-4/h6H,2-3H2,1H3;1-3H2. The molecular formula is C11H14O4S. The van der Waals surface area contributed by atoms with Crippen LogP contribution in [0.5, 0.6) is 0 Å². The maximum Gasteiger partial charge on any atom is 0.153 e. The Hall–Kier alpha value is -0.970. The van der Waals surface area contributed by atoms with Crippen molar-refractivity contribution >= 4 is 34.9 Å². The van der Waals surface area contributed by atoms with E-state index in [1.54, 1.807) is 0 Å². The topological polar surface area (TPSA) is 68.3 Å². The highest BCUT2D eigenvalue weighted by molar-refractivity contribution is 8.00. The van der Waals surface area contributed by atoms with Crippen molar-refractivity contribution < 1.29 is 19.2 Å². The summed E-state index contributed by atoms with van der Waals surface area (Å²) < 4.78 is 0. The summed E-state index contributed by atoms with van der Waals surface area (Å²) in [6.07, 6.45) is 3.66. The third-order valence-electron chi connectivity index (χ3n) is 2.51. The van der Waals surface area contributed by atoms with Crippen molar-refractivity contribution in [1.82, 2.24) is 0 Å². The van der Waals surface area contributed by atoms with Gasteiger partial charge in [0.25, 0.3) is 0 Å². The van der Waals surface area contributed by atoms with Gasteiger partial charge in [-0.3, -0.25) is 19.2 Å². The van der Waals surface area contributed by atoms with Gasteiger partial charge in [0.15, 0.2) is 5.78 Å². The lowest BCUT2D eigenvalue weighted by Gasteiger charge is -1.97. The van der Waals surface area contributed by atoms with Crippen LogP contribution in [-0.4, -0.2) is 34.6 Å².